The quantitative estimate of drug-likeness (QED) is 0.667. The summed E-state index contributed by atoms with van der Waals surface area (Å²) in [6, 6.07) is 4.49. The third kappa shape index (κ3) is 3.74. The molecule has 4 nitrogen and oxygen atoms in total. The molecule has 1 aromatic rings. The van der Waals surface area contributed by atoms with Crippen molar-refractivity contribution in [3.05, 3.63) is 35.4 Å². The molecule has 1 aliphatic rings. The summed E-state index contributed by atoms with van der Waals surface area (Å²) in [6.07, 6.45) is -6.07. The molecule has 1 saturated carbocycles. The van der Waals surface area contributed by atoms with E-state index >= 15 is 0 Å². The first-order valence-corrected chi connectivity index (χ1v) is 6.69. The van der Waals surface area contributed by atoms with Crippen molar-refractivity contribution in [2.75, 3.05) is 6.61 Å². The van der Waals surface area contributed by atoms with Crippen LogP contribution in [0.2, 0.25) is 0 Å². The van der Waals surface area contributed by atoms with Crippen molar-refractivity contribution in [3.8, 4) is 0 Å². The number of aliphatic hydroxyl groups excluding tert-OH is 3. The van der Waals surface area contributed by atoms with Gasteiger partial charge in [-0.1, -0.05) is 18.2 Å². The van der Waals surface area contributed by atoms with Crippen molar-refractivity contribution in [1.29, 1.82) is 0 Å². The average molecular weight is 305 g/mol. The van der Waals surface area contributed by atoms with E-state index in [1.165, 1.54) is 6.07 Å². The highest BCUT2D eigenvalue weighted by Crippen LogP contribution is 2.30. The smallest absolute Gasteiger partial charge is 0.396 e. The topological polar surface area (TPSA) is 72.7 Å². The average Bonchev–Trinajstić information content (AvgIpc) is 2.72. The van der Waals surface area contributed by atoms with E-state index < -0.39 is 35.9 Å². The minimum atomic E-state index is -4.39. The van der Waals surface area contributed by atoms with Crippen molar-refractivity contribution in [2.24, 2.45) is 5.92 Å². The van der Waals surface area contributed by atoms with Gasteiger partial charge in [-0.25, -0.2) is 0 Å². The molecule has 1 aromatic carbocycles. The van der Waals surface area contributed by atoms with Crippen LogP contribution < -0.4 is 5.32 Å². The molecular formula is C14H18F3NO3. The molecule has 21 heavy (non-hydrogen) atoms. The number of hydrogen-bond donors (Lipinski definition) is 4. The summed E-state index contributed by atoms with van der Waals surface area (Å²) in [5, 5.41) is 31.5. The van der Waals surface area contributed by atoms with Gasteiger partial charge in [0, 0.05) is 25.1 Å². The summed E-state index contributed by atoms with van der Waals surface area (Å²) in [5.74, 6) is -0.418. The molecule has 4 unspecified atom stereocenters. The Morgan fingerprint density at radius 3 is 2.48 bits per heavy atom. The minimum absolute atomic E-state index is 0.149. The van der Waals surface area contributed by atoms with Crippen molar-refractivity contribution >= 4 is 0 Å². The Morgan fingerprint density at radius 1 is 1.19 bits per heavy atom. The lowest BCUT2D eigenvalue weighted by Crippen LogP contribution is -2.39. The molecule has 4 N–H and O–H groups in total. The number of aliphatic hydroxyl groups is 3. The summed E-state index contributed by atoms with van der Waals surface area (Å²) in [7, 11) is 0. The molecule has 0 aromatic heterocycles. The van der Waals surface area contributed by atoms with E-state index in [0.29, 0.717) is 12.0 Å². The predicted molar refractivity (Wildman–Crippen MR) is 69.3 cm³/mol. The maximum Gasteiger partial charge on any atom is 0.416 e. The van der Waals surface area contributed by atoms with Crippen molar-refractivity contribution in [3.63, 3.8) is 0 Å². The highest BCUT2D eigenvalue weighted by atomic mass is 19.4. The Balaban J connectivity index is 1.98. The number of rotatable bonds is 4. The standard InChI is InChI=1S/C14H18F3NO3/c15-14(16,17)10-3-1-2-8(4-10)6-18-11-5-9(7-19)12(20)13(11)21/h1-4,9,11-13,18-21H,5-7H2. The lowest BCUT2D eigenvalue weighted by atomic mass is 10.1. The van der Waals surface area contributed by atoms with Crippen LogP contribution in [-0.4, -0.2) is 40.2 Å². The molecule has 1 aliphatic carbocycles. The maximum atomic E-state index is 12.6. The van der Waals surface area contributed by atoms with E-state index in [2.05, 4.69) is 5.32 Å². The van der Waals surface area contributed by atoms with Crippen molar-refractivity contribution in [2.45, 2.75) is 37.4 Å². The van der Waals surface area contributed by atoms with Crippen LogP contribution in [0.1, 0.15) is 17.5 Å². The Morgan fingerprint density at radius 2 is 1.90 bits per heavy atom. The number of benzene rings is 1. The van der Waals surface area contributed by atoms with Gasteiger partial charge in [-0.05, 0) is 18.1 Å². The lowest BCUT2D eigenvalue weighted by molar-refractivity contribution is -0.137. The van der Waals surface area contributed by atoms with Crippen molar-refractivity contribution in [1.82, 2.24) is 5.32 Å². The molecule has 0 heterocycles. The summed E-state index contributed by atoms with van der Waals surface area (Å²) in [4.78, 5) is 0. The van der Waals surface area contributed by atoms with E-state index in [0.717, 1.165) is 12.1 Å². The largest absolute Gasteiger partial charge is 0.416 e. The first-order valence-electron chi connectivity index (χ1n) is 6.69. The molecule has 0 saturated heterocycles. The number of alkyl halides is 3. The van der Waals surface area contributed by atoms with Crippen LogP contribution in [0.15, 0.2) is 24.3 Å². The fourth-order valence-electron chi connectivity index (χ4n) is 2.62. The number of hydrogen-bond acceptors (Lipinski definition) is 4. The molecule has 0 radical (unpaired) electrons. The molecule has 118 valence electrons. The molecule has 1 fully saturated rings. The van der Waals surface area contributed by atoms with Gasteiger partial charge in [0.25, 0.3) is 0 Å². The Bertz CT molecular complexity index is 481. The van der Waals surface area contributed by atoms with Gasteiger partial charge >= 0.3 is 6.18 Å². The third-order valence-corrected chi connectivity index (χ3v) is 3.86. The molecule has 7 heteroatoms. The Labute approximate surface area is 120 Å². The monoisotopic (exact) mass is 305 g/mol. The van der Waals surface area contributed by atoms with Gasteiger partial charge in [-0.3, -0.25) is 0 Å². The van der Waals surface area contributed by atoms with E-state index in [4.69, 9.17) is 5.11 Å². The molecule has 0 amide bonds. The lowest BCUT2D eigenvalue weighted by Gasteiger charge is -2.18. The number of halogens is 3. The summed E-state index contributed by atoms with van der Waals surface area (Å²) in [6.45, 7) is -0.0868. The van der Waals surface area contributed by atoms with Gasteiger partial charge in [-0.2, -0.15) is 13.2 Å². The molecule has 2 rings (SSSR count). The van der Waals surface area contributed by atoms with E-state index in [9.17, 15) is 23.4 Å². The molecule has 0 spiro atoms. The fraction of sp³-hybridized carbons (Fsp3) is 0.571. The molecular weight excluding hydrogens is 287 g/mol. The second kappa shape index (κ2) is 6.31. The van der Waals surface area contributed by atoms with Crippen LogP contribution in [0.25, 0.3) is 0 Å². The van der Waals surface area contributed by atoms with Gasteiger partial charge in [0.05, 0.1) is 17.8 Å². The maximum absolute atomic E-state index is 12.6. The van der Waals surface area contributed by atoms with Crippen LogP contribution in [0, 0.1) is 5.92 Å². The van der Waals surface area contributed by atoms with Gasteiger partial charge in [-0.15, -0.1) is 0 Å². The molecule has 4 atom stereocenters. The SMILES string of the molecule is OCC1CC(NCc2cccc(C(F)(F)F)c2)C(O)C1O. The van der Waals surface area contributed by atoms with Crippen LogP contribution in [0.5, 0.6) is 0 Å². The van der Waals surface area contributed by atoms with Crippen LogP contribution in [0.4, 0.5) is 13.2 Å². The Kier molecular flexibility index (Phi) is 4.88. The van der Waals surface area contributed by atoms with Crippen LogP contribution in [0.3, 0.4) is 0 Å². The summed E-state index contributed by atoms with van der Waals surface area (Å²) < 4.78 is 37.8. The zero-order valence-corrected chi connectivity index (χ0v) is 11.2. The van der Waals surface area contributed by atoms with Crippen LogP contribution >= 0.6 is 0 Å². The zero-order chi connectivity index (χ0) is 15.6. The Hall–Kier alpha value is -1.15. The third-order valence-electron chi connectivity index (χ3n) is 3.86. The fourth-order valence-corrected chi connectivity index (χ4v) is 2.62. The van der Waals surface area contributed by atoms with Gasteiger partial charge in [0.1, 0.15) is 0 Å². The normalized spacial score (nSPS) is 29.8. The van der Waals surface area contributed by atoms with E-state index in [1.54, 1.807) is 6.07 Å². The van der Waals surface area contributed by atoms with Gasteiger partial charge < -0.3 is 20.6 Å². The highest BCUT2D eigenvalue weighted by molar-refractivity contribution is 5.25. The second-order valence-corrected chi connectivity index (χ2v) is 5.35. The zero-order valence-electron chi connectivity index (χ0n) is 11.2. The van der Waals surface area contributed by atoms with Gasteiger partial charge in [0.2, 0.25) is 0 Å². The molecule has 0 aliphatic heterocycles. The minimum Gasteiger partial charge on any atom is -0.396 e. The summed E-state index contributed by atoms with van der Waals surface area (Å²) in [5.41, 5.74) is -0.277. The van der Waals surface area contributed by atoms with Gasteiger partial charge in [0.15, 0.2) is 0 Å². The highest BCUT2D eigenvalue weighted by Gasteiger charge is 2.40. The predicted octanol–water partition coefficient (Wildman–Crippen LogP) is 0.898. The van der Waals surface area contributed by atoms with E-state index in [1.807, 2.05) is 0 Å². The first-order chi connectivity index (χ1) is 9.82. The summed E-state index contributed by atoms with van der Waals surface area (Å²) >= 11 is 0. The van der Waals surface area contributed by atoms with E-state index in [-0.39, 0.29) is 13.2 Å². The number of nitrogens with one attached hydrogen (secondary N) is 1. The van der Waals surface area contributed by atoms with Crippen LogP contribution in [-0.2, 0) is 12.7 Å². The molecule has 0 bridgehead atoms. The van der Waals surface area contributed by atoms with Crippen molar-refractivity contribution < 1.29 is 28.5 Å². The second-order valence-electron chi connectivity index (χ2n) is 5.35. The first kappa shape index (κ1) is 16.2.